The summed E-state index contributed by atoms with van der Waals surface area (Å²) in [5.74, 6) is 0.692. The lowest BCUT2D eigenvalue weighted by atomic mass is 9.79. The van der Waals surface area contributed by atoms with Crippen LogP contribution >= 0.6 is 22.9 Å². The van der Waals surface area contributed by atoms with Crippen molar-refractivity contribution in [3.8, 4) is 0 Å². The van der Waals surface area contributed by atoms with Gasteiger partial charge in [-0.25, -0.2) is 0 Å². The van der Waals surface area contributed by atoms with E-state index in [0.29, 0.717) is 5.88 Å². The highest BCUT2D eigenvalue weighted by Crippen LogP contribution is 2.37. The van der Waals surface area contributed by atoms with Crippen molar-refractivity contribution in [3.63, 3.8) is 0 Å². The molecule has 0 amide bonds. The Labute approximate surface area is 117 Å². The normalized spacial score (nSPS) is 24.5. The topological polar surface area (TPSA) is 9.23 Å². The molecule has 1 unspecified atom stereocenters. The van der Waals surface area contributed by atoms with Crippen LogP contribution in [0.25, 0.3) is 10.1 Å². The SMILES string of the molecule is ClCC1(Cc2csc3ccccc23)CCCOC1. The molecule has 96 valence electrons. The first-order valence-corrected chi connectivity index (χ1v) is 7.83. The highest BCUT2D eigenvalue weighted by Gasteiger charge is 2.33. The van der Waals surface area contributed by atoms with E-state index in [1.54, 1.807) is 0 Å². The Morgan fingerprint density at radius 2 is 2.22 bits per heavy atom. The molecule has 0 spiro atoms. The fraction of sp³-hybridized carbons (Fsp3) is 0.467. The van der Waals surface area contributed by atoms with Crippen molar-refractivity contribution in [2.24, 2.45) is 5.41 Å². The molecule has 1 nitrogen and oxygen atoms in total. The van der Waals surface area contributed by atoms with Crippen LogP contribution in [0.3, 0.4) is 0 Å². The monoisotopic (exact) mass is 280 g/mol. The fourth-order valence-electron chi connectivity index (χ4n) is 2.78. The molecule has 3 heteroatoms. The first kappa shape index (κ1) is 12.5. The van der Waals surface area contributed by atoms with Crippen molar-refractivity contribution in [3.05, 3.63) is 35.2 Å². The van der Waals surface area contributed by atoms with E-state index in [9.17, 15) is 0 Å². The second-order valence-corrected chi connectivity index (χ2v) is 6.40. The van der Waals surface area contributed by atoms with Crippen molar-refractivity contribution < 1.29 is 4.74 Å². The molecule has 2 aromatic rings. The molecule has 0 saturated carbocycles. The highest BCUT2D eigenvalue weighted by molar-refractivity contribution is 7.17. The summed E-state index contributed by atoms with van der Waals surface area (Å²) in [5, 5.41) is 3.67. The third-order valence-electron chi connectivity index (χ3n) is 3.81. The molecule has 0 bridgehead atoms. The molecule has 1 aliphatic rings. The highest BCUT2D eigenvalue weighted by atomic mass is 35.5. The molecular weight excluding hydrogens is 264 g/mol. The molecule has 0 radical (unpaired) electrons. The van der Waals surface area contributed by atoms with Gasteiger partial charge in [0.25, 0.3) is 0 Å². The Morgan fingerprint density at radius 1 is 1.33 bits per heavy atom. The maximum absolute atomic E-state index is 6.23. The number of halogens is 1. The van der Waals surface area contributed by atoms with Crippen LogP contribution in [0.2, 0.25) is 0 Å². The van der Waals surface area contributed by atoms with E-state index in [-0.39, 0.29) is 5.41 Å². The molecule has 1 fully saturated rings. The molecule has 0 aliphatic carbocycles. The molecule has 18 heavy (non-hydrogen) atoms. The van der Waals surface area contributed by atoms with Crippen molar-refractivity contribution in [1.29, 1.82) is 0 Å². The summed E-state index contributed by atoms with van der Waals surface area (Å²) in [6.45, 7) is 1.70. The summed E-state index contributed by atoms with van der Waals surface area (Å²) >= 11 is 8.06. The van der Waals surface area contributed by atoms with Crippen LogP contribution in [0.15, 0.2) is 29.6 Å². The molecule has 1 aromatic heterocycles. The van der Waals surface area contributed by atoms with Crippen LogP contribution in [-0.2, 0) is 11.2 Å². The van der Waals surface area contributed by atoms with E-state index >= 15 is 0 Å². The number of benzene rings is 1. The first-order chi connectivity index (χ1) is 8.83. The quantitative estimate of drug-likeness (QED) is 0.753. The Balaban J connectivity index is 1.90. The van der Waals surface area contributed by atoms with Gasteiger partial charge in [0.2, 0.25) is 0 Å². The minimum Gasteiger partial charge on any atom is -0.381 e. The molecule has 1 aromatic carbocycles. The van der Waals surface area contributed by atoms with Crippen LogP contribution in [0.1, 0.15) is 18.4 Å². The maximum Gasteiger partial charge on any atom is 0.0537 e. The van der Waals surface area contributed by atoms with Gasteiger partial charge in [-0.1, -0.05) is 18.2 Å². The van der Waals surface area contributed by atoms with Crippen molar-refractivity contribution >= 4 is 33.0 Å². The lowest BCUT2D eigenvalue weighted by Gasteiger charge is -2.35. The van der Waals surface area contributed by atoms with E-state index in [0.717, 1.165) is 26.1 Å². The molecular formula is C15H17ClOS. The third kappa shape index (κ3) is 2.29. The van der Waals surface area contributed by atoms with Gasteiger partial charge in [0.05, 0.1) is 6.61 Å². The van der Waals surface area contributed by atoms with E-state index in [2.05, 4.69) is 29.6 Å². The molecule has 1 atom stereocenters. The summed E-state index contributed by atoms with van der Waals surface area (Å²) in [7, 11) is 0. The third-order valence-corrected chi connectivity index (χ3v) is 5.39. The maximum atomic E-state index is 6.23. The Hall–Kier alpha value is -0.570. The fourth-order valence-corrected chi connectivity index (χ4v) is 4.04. The summed E-state index contributed by atoms with van der Waals surface area (Å²) < 4.78 is 7.03. The van der Waals surface area contributed by atoms with Gasteiger partial charge in [0.15, 0.2) is 0 Å². The number of alkyl halides is 1. The van der Waals surface area contributed by atoms with Crippen LogP contribution in [0.4, 0.5) is 0 Å². The number of hydrogen-bond donors (Lipinski definition) is 0. The van der Waals surface area contributed by atoms with Crippen molar-refractivity contribution in [2.75, 3.05) is 19.1 Å². The standard InChI is InChI=1S/C15H17ClOS/c16-10-15(6-3-7-17-11-15)8-12-9-18-14-5-2-1-4-13(12)14/h1-2,4-5,9H,3,6-8,10-11H2. The van der Waals surface area contributed by atoms with Gasteiger partial charge in [-0.3, -0.25) is 0 Å². The number of fused-ring (bicyclic) bond motifs is 1. The minimum atomic E-state index is 0.143. The second kappa shape index (κ2) is 5.20. The minimum absolute atomic E-state index is 0.143. The second-order valence-electron chi connectivity index (χ2n) is 5.22. The van der Waals surface area contributed by atoms with Gasteiger partial charge in [0.1, 0.15) is 0 Å². The number of hydrogen-bond acceptors (Lipinski definition) is 2. The Bertz CT molecular complexity index is 528. The van der Waals surface area contributed by atoms with Crippen LogP contribution in [-0.4, -0.2) is 19.1 Å². The van der Waals surface area contributed by atoms with Gasteiger partial charge in [-0.05, 0) is 41.7 Å². The van der Waals surface area contributed by atoms with Gasteiger partial charge in [0, 0.05) is 22.6 Å². The molecule has 3 rings (SSSR count). The van der Waals surface area contributed by atoms with Gasteiger partial charge in [-0.15, -0.1) is 22.9 Å². The van der Waals surface area contributed by atoms with E-state index < -0.39 is 0 Å². The van der Waals surface area contributed by atoms with Crippen LogP contribution < -0.4 is 0 Å². The average Bonchev–Trinajstić information content (AvgIpc) is 2.83. The van der Waals surface area contributed by atoms with Gasteiger partial charge in [-0.2, -0.15) is 0 Å². The summed E-state index contributed by atoms with van der Waals surface area (Å²) in [6.07, 6.45) is 3.36. The molecule has 2 heterocycles. The lowest BCUT2D eigenvalue weighted by Crippen LogP contribution is -2.35. The van der Waals surface area contributed by atoms with Crippen LogP contribution in [0, 0.1) is 5.41 Å². The zero-order chi connectivity index (χ0) is 12.4. The number of ether oxygens (including phenoxy) is 1. The zero-order valence-electron chi connectivity index (χ0n) is 10.3. The van der Waals surface area contributed by atoms with E-state index in [4.69, 9.17) is 16.3 Å². The van der Waals surface area contributed by atoms with Crippen molar-refractivity contribution in [1.82, 2.24) is 0 Å². The Kier molecular flexibility index (Phi) is 3.60. The summed E-state index contributed by atoms with van der Waals surface area (Å²) in [5.41, 5.74) is 1.57. The zero-order valence-corrected chi connectivity index (χ0v) is 11.9. The molecule has 1 aliphatic heterocycles. The largest absolute Gasteiger partial charge is 0.381 e. The number of thiophene rings is 1. The van der Waals surface area contributed by atoms with Gasteiger partial charge >= 0.3 is 0 Å². The predicted octanol–water partition coefficient (Wildman–Crippen LogP) is 4.48. The van der Waals surface area contributed by atoms with E-state index in [1.807, 2.05) is 11.3 Å². The molecule has 0 N–H and O–H groups in total. The lowest BCUT2D eigenvalue weighted by molar-refractivity contribution is 0.00497. The first-order valence-electron chi connectivity index (χ1n) is 6.42. The van der Waals surface area contributed by atoms with Crippen LogP contribution in [0.5, 0.6) is 0 Å². The van der Waals surface area contributed by atoms with E-state index in [1.165, 1.54) is 22.1 Å². The summed E-state index contributed by atoms with van der Waals surface area (Å²) in [4.78, 5) is 0. The smallest absolute Gasteiger partial charge is 0.0537 e. The average molecular weight is 281 g/mol. The van der Waals surface area contributed by atoms with Gasteiger partial charge < -0.3 is 4.74 Å². The van der Waals surface area contributed by atoms with Crippen molar-refractivity contribution in [2.45, 2.75) is 19.3 Å². The summed E-state index contributed by atoms with van der Waals surface area (Å²) in [6, 6.07) is 8.62. The Morgan fingerprint density at radius 3 is 3.00 bits per heavy atom. The number of rotatable bonds is 3. The predicted molar refractivity (Wildman–Crippen MR) is 78.7 cm³/mol. The molecule has 1 saturated heterocycles.